The fraction of sp³-hybridized carbons (Fsp3) is 0.227. The van der Waals surface area contributed by atoms with Crippen molar-refractivity contribution in [2.24, 2.45) is 0 Å². The molecule has 1 unspecified atom stereocenters. The molecule has 1 aromatic carbocycles. The van der Waals surface area contributed by atoms with E-state index in [0.717, 1.165) is 18.4 Å². The lowest BCUT2D eigenvalue weighted by molar-refractivity contribution is 0.102. The molecule has 28 heavy (non-hydrogen) atoms. The lowest BCUT2D eigenvalue weighted by atomic mass is 10.1. The first-order valence-corrected chi connectivity index (χ1v) is 9.28. The van der Waals surface area contributed by atoms with Gasteiger partial charge in [0.1, 0.15) is 5.56 Å². The van der Waals surface area contributed by atoms with Crippen molar-refractivity contribution in [1.29, 1.82) is 0 Å². The normalized spacial score (nSPS) is 15.1. The van der Waals surface area contributed by atoms with Gasteiger partial charge in [0.15, 0.2) is 0 Å². The van der Waals surface area contributed by atoms with E-state index in [9.17, 15) is 9.59 Å². The number of hydrogen-bond acceptors (Lipinski definition) is 4. The highest BCUT2D eigenvalue weighted by Crippen LogP contribution is 2.38. The van der Waals surface area contributed by atoms with Gasteiger partial charge in [-0.2, -0.15) is 0 Å². The maximum atomic E-state index is 13.1. The minimum absolute atomic E-state index is 0.0592. The Morgan fingerprint density at radius 1 is 1.14 bits per heavy atom. The van der Waals surface area contributed by atoms with Gasteiger partial charge in [0.25, 0.3) is 11.5 Å². The number of aromatic nitrogens is 2. The third-order valence-corrected chi connectivity index (χ3v) is 5.19. The number of fused-ring (bicyclic) bond motifs is 1. The average Bonchev–Trinajstić information content (AvgIpc) is 3.12. The Hall–Kier alpha value is -3.41. The van der Waals surface area contributed by atoms with Crippen LogP contribution in [0.5, 0.6) is 0 Å². The molecule has 0 aliphatic heterocycles. The summed E-state index contributed by atoms with van der Waals surface area (Å²) in [6.45, 7) is 0. The number of carbonyl (C=O) groups excluding carboxylic acids is 1. The van der Waals surface area contributed by atoms with E-state index in [1.54, 1.807) is 47.4 Å². The van der Waals surface area contributed by atoms with Crippen molar-refractivity contribution in [2.75, 3.05) is 24.3 Å². The molecule has 0 radical (unpaired) electrons. The maximum Gasteiger partial charge on any atom is 0.263 e. The molecule has 0 saturated heterocycles. The third-order valence-electron chi connectivity index (χ3n) is 5.19. The van der Waals surface area contributed by atoms with Crippen molar-refractivity contribution >= 4 is 17.3 Å². The van der Waals surface area contributed by atoms with Crippen molar-refractivity contribution in [3.05, 3.63) is 88.1 Å². The highest BCUT2D eigenvalue weighted by Gasteiger charge is 2.28. The molecule has 0 bridgehead atoms. The minimum Gasteiger partial charge on any atom is -0.377 e. The Morgan fingerprint density at radius 2 is 1.93 bits per heavy atom. The van der Waals surface area contributed by atoms with Crippen LogP contribution in [0.2, 0.25) is 0 Å². The van der Waals surface area contributed by atoms with E-state index < -0.39 is 5.91 Å². The van der Waals surface area contributed by atoms with Gasteiger partial charge in [0.2, 0.25) is 0 Å². The number of carbonyl (C=O) groups is 1. The van der Waals surface area contributed by atoms with Crippen molar-refractivity contribution in [1.82, 2.24) is 9.55 Å². The summed E-state index contributed by atoms with van der Waals surface area (Å²) >= 11 is 0. The van der Waals surface area contributed by atoms with E-state index in [4.69, 9.17) is 0 Å². The second kappa shape index (κ2) is 7.31. The van der Waals surface area contributed by atoms with Gasteiger partial charge in [-0.1, -0.05) is 12.1 Å². The molecule has 1 aliphatic rings. The summed E-state index contributed by atoms with van der Waals surface area (Å²) in [5.41, 5.74) is 4.07. The number of benzene rings is 1. The molecule has 4 rings (SSSR count). The summed E-state index contributed by atoms with van der Waals surface area (Å²) in [5, 5.41) is 2.76. The average molecular weight is 374 g/mol. The van der Waals surface area contributed by atoms with Gasteiger partial charge in [0.05, 0.1) is 6.04 Å². The Labute approximate surface area is 163 Å². The number of rotatable bonds is 4. The van der Waals surface area contributed by atoms with E-state index in [1.807, 2.05) is 20.2 Å². The summed E-state index contributed by atoms with van der Waals surface area (Å²) in [4.78, 5) is 31.8. The van der Waals surface area contributed by atoms with Crippen LogP contribution < -0.4 is 15.8 Å². The smallest absolute Gasteiger partial charge is 0.263 e. The molecule has 1 aliphatic carbocycles. The third kappa shape index (κ3) is 3.17. The van der Waals surface area contributed by atoms with Gasteiger partial charge >= 0.3 is 0 Å². The summed E-state index contributed by atoms with van der Waals surface area (Å²) in [6.07, 6.45) is 6.71. The molecule has 6 heteroatoms. The molecule has 0 spiro atoms. The quantitative estimate of drug-likeness (QED) is 0.762. The molecule has 6 nitrogen and oxygen atoms in total. The van der Waals surface area contributed by atoms with Crippen LogP contribution in [0, 0.1) is 0 Å². The van der Waals surface area contributed by atoms with Gasteiger partial charge in [0, 0.05) is 44.1 Å². The summed E-state index contributed by atoms with van der Waals surface area (Å²) in [7, 11) is 4.05. The van der Waals surface area contributed by atoms with Crippen molar-refractivity contribution in [3.8, 4) is 0 Å². The second-order valence-corrected chi connectivity index (χ2v) is 7.12. The molecule has 2 aromatic heterocycles. The number of amides is 1. The molecule has 3 aromatic rings. The predicted molar refractivity (Wildman–Crippen MR) is 110 cm³/mol. The fourth-order valence-corrected chi connectivity index (χ4v) is 3.88. The van der Waals surface area contributed by atoms with Gasteiger partial charge < -0.3 is 14.8 Å². The van der Waals surface area contributed by atoms with Crippen LogP contribution in [0.3, 0.4) is 0 Å². The Bertz CT molecular complexity index is 1070. The van der Waals surface area contributed by atoms with Gasteiger partial charge in [-0.3, -0.25) is 14.6 Å². The van der Waals surface area contributed by atoms with E-state index in [1.165, 1.54) is 11.3 Å². The van der Waals surface area contributed by atoms with Crippen molar-refractivity contribution < 1.29 is 4.79 Å². The number of anilines is 2. The van der Waals surface area contributed by atoms with Crippen LogP contribution in [-0.4, -0.2) is 29.6 Å². The van der Waals surface area contributed by atoms with E-state index in [-0.39, 0.29) is 17.2 Å². The van der Waals surface area contributed by atoms with Gasteiger partial charge in [-0.25, -0.2) is 0 Å². The molecule has 1 atom stereocenters. The lowest BCUT2D eigenvalue weighted by Crippen LogP contribution is -2.31. The summed E-state index contributed by atoms with van der Waals surface area (Å²) in [5.74, 6) is -0.411. The molecular formula is C22H22N4O2. The van der Waals surface area contributed by atoms with Crippen LogP contribution in [0.4, 0.5) is 11.4 Å². The van der Waals surface area contributed by atoms with Crippen molar-refractivity contribution in [2.45, 2.75) is 18.9 Å². The van der Waals surface area contributed by atoms with Crippen LogP contribution in [0.15, 0.2) is 65.8 Å². The first-order chi connectivity index (χ1) is 13.6. The zero-order valence-corrected chi connectivity index (χ0v) is 15.9. The maximum absolute atomic E-state index is 13.1. The van der Waals surface area contributed by atoms with E-state index in [2.05, 4.69) is 27.3 Å². The van der Waals surface area contributed by atoms with Gasteiger partial charge in [-0.15, -0.1) is 0 Å². The lowest BCUT2D eigenvalue weighted by Gasteiger charge is -2.19. The van der Waals surface area contributed by atoms with E-state index >= 15 is 0 Å². The van der Waals surface area contributed by atoms with E-state index in [0.29, 0.717) is 5.69 Å². The molecule has 1 N–H and O–H groups in total. The zero-order valence-electron chi connectivity index (χ0n) is 15.9. The number of nitrogens with zero attached hydrogens (tertiary/aromatic N) is 3. The van der Waals surface area contributed by atoms with Crippen LogP contribution in [-0.2, 0) is 6.42 Å². The Kier molecular flexibility index (Phi) is 4.69. The second-order valence-electron chi connectivity index (χ2n) is 7.12. The number of nitrogens with one attached hydrogen (secondary N) is 1. The summed E-state index contributed by atoms with van der Waals surface area (Å²) in [6, 6.07) is 12.9. The topological polar surface area (TPSA) is 67.2 Å². The van der Waals surface area contributed by atoms with Crippen LogP contribution >= 0.6 is 0 Å². The van der Waals surface area contributed by atoms with Crippen LogP contribution in [0.25, 0.3) is 0 Å². The molecule has 0 saturated carbocycles. The monoisotopic (exact) mass is 374 g/mol. The predicted octanol–water partition coefficient (Wildman–Crippen LogP) is 3.10. The molecule has 142 valence electrons. The number of hydrogen-bond donors (Lipinski definition) is 1. The first-order valence-electron chi connectivity index (χ1n) is 9.28. The minimum atomic E-state index is -0.411. The molecule has 2 heterocycles. The highest BCUT2D eigenvalue weighted by atomic mass is 16.2. The SMILES string of the molecule is CN(C)c1cccc2c1CCC2n1cccc(C(=O)Nc2ccncc2)c1=O. The molecule has 0 fully saturated rings. The van der Waals surface area contributed by atoms with Gasteiger partial charge in [-0.05, 0) is 54.3 Å². The Balaban J connectivity index is 1.69. The highest BCUT2D eigenvalue weighted by molar-refractivity contribution is 6.03. The first kappa shape index (κ1) is 18.0. The number of pyridine rings is 2. The largest absolute Gasteiger partial charge is 0.377 e. The van der Waals surface area contributed by atoms with Crippen molar-refractivity contribution in [3.63, 3.8) is 0 Å². The fourth-order valence-electron chi connectivity index (χ4n) is 3.88. The zero-order chi connectivity index (χ0) is 19.7. The molecular weight excluding hydrogens is 352 g/mol. The Morgan fingerprint density at radius 3 is 2.68 bits per heavy atom. The summed E-state index contributed by atoms with van der Waals surface area (Å²) < 4.78 is 1.69. The molecule has 1 amide bonds. The standard InChI is InChI=1S/C22H22N4O2/c1-25(2)19-7-3-5-16-17(19)8-9-20(16)26-14-4-6-18(22(26)28)21(27)24-15-10-12-23-13-11-15/h3-7,10-14,20H,8-9H2,1-2H3,(H,23,24,27). The van der Waals surface area contributed by atoms with Crippen LogP contribution in [0.1, 0.15) is 33.9 Å².